The van der Waals surface area contributed by atoms with E-state index in [0.717, 1.165) is 0 Å². The summed E-state index contributed by atoms with van der Waals surface area (Å²) in [4.78, 5) is 25.9. The summed E-state index contributed by atoms with van der Waals surface area (Å²) in [6.45, 7) is -0.163. The predicted octanol–water partition coefficient (Wildman–Crippen LogP) is 1.76. The van der Waals surface area contributed by atoms with Crippen LogP contribution in [0.5, 0.6) is 0 Å². The Morgan fingerprint density at radius 1 is 1.25 bits per heavy atom. The fraction of sp³-hybridized carbons (Fsp3) is 0.652. The number of carbonyl (C=O) groups excluding carboxylic acids is 2. The maximum atomic E-state index is 13.5. The first-order valence-corrected chi connectivity index (χ1v) is 12.1. The number of methoxy groups -OCH3 is 1. The molecule has 0 radical (unpaired) electrons. The monoisotopic (exact) mass is 589 g/mol. The van der Waals surface area contributed by atoms with E-state index >= 15 is 0 Å². The molecule has 40 heavy (non-hydrogen) atoms. The van der Waals surface area contributed by atoms with Crippen molar-refractivity contribution in [2.24, 2.45) is 11.3 Å². The molecular formula is C23H27F8N5O4. The third-order valence-electron chi connectivity index (χ3n) is 7.08. The van der Waals surface area contributed by atoms with E-state index in [0.29, 0.717) is 29.7 Å². The number of nitrogens with one attached hydrogen (secondary N) is 1. The van der Waals surface area contributed by atoms with Gasteiger partial charge in [0.15, 0.2) is 5.65 Å². The summed E-state index contributed by atoms with van der Waals surface area (Å²) in [5.41, 5.74) is 4.39. The number of hydrogen-bond donors (Lipinski definition) is 2. The standard InChI is InChI=1S/C21H26F5N5O2.C2HF3O2/c1-33-11-19(8-15(21(24,25)26)30-18(19)32)7-12-6-16-29-14(10-31(16)28-9-12)17(27)13-2-4-20(22,23)5-3-13;3-2(4,5)1(6)7/h6,9-10,13,15,17H,2-5,7-8,11,27H2,1H3,(H,30,32);(H,6,7)/t15-,17-,19?;/m0./s1. The number of ether oxygens (including phenoxy) is 1. The number of aliphatic carboxylic acids is 1. The summed E-state index contributed by atoms with van der Waals surface area (Å²) in [7, 11) is 1.34. The summed E-state index contributed by atoms with van der Waals surface area (Å²) in [6, 6.07) is -0.534. The van der Waals surface area contributed by atoms with Crippen LogP contribution < -0.4 is 16.2 Å². The van der Waals surface area contributed by atoms with E-state index in [2.05, 4.69) is 15.8 Å². The smallest absolute Gasteiger partial charge is 0.430 e. The molecule has 4 rings (SSSR count). The van der Waals surface area contributed by atoms with Gasteiger partial charge in [-0.2, -0.15) is 31.4 Å². The Morgan fingerprint density at radius 3 is 2.35 bits per heavy atom. The second-order valence-corrected chi connectivity index (χ2v) is 10.1. The highest BCUT2D eigenvalue weighted by molar-refractivity contribution is 5.86. The molecule has 0 bridgehead atoms. The first kappa shape index (κ1) is 31.4. The highest BCUT2D eigenvalue weighted by Gasteiger charge is 2.55. The third kappa shape index (κ3) is 7.35. The second-order valence-electron chi connectivity index (χ2n) is 10.1. The van der Waals surface area contributed by atoms with Gasteiger partial charge in [-0.3, -0.25) is 4.79 Å². The average molecular weight is 589 g/mol. The van der Waals surface area contributed by atoms with E-state index in [1.54, 1.807) is 12.3 Å². The lowest BCUT2D eigenvalue weighted by Gasteiger charge is -2.29. The molecule has 1 unspecified atom stereocenters. The fourth-order valence-corrected chi connectivity index (χ4v) is 4.95. The lowest BCUT2D eigenvalue weighted by atomic mass is 9.80. The second kappa shape index (κ2) is 11.4. The van der Waals surface area contributed by atoms with Crippen LogP contribution in [0.25, 0.3) is 5.65 Å². The van der Waals surface area contributed by atoms with Crippen LogP contribution in [0, 0.1) is 11.3 Å². The minimum absolute atomic E-state index is 0.0104. The van der Waals surface area contributed by atoms with Crippen molar-refractivity contribution in [2.75, 3.05) is 13.7 Å². The van der Waals surface area contributed by atoms with Gasteiger partial charge in [0, 0.05) is 25.9 Å². The highest BCUT2D eigenvalue weighted by atomic mass is 19.4. The Bertz CT molecular complexity index is 1210. The Kier molecular flexibility index (Phi) is 8.98. The number of alkyl halides is 8. The van der Waals surface area contributed by atoms with E-state index < -0.39 is 48.0 Å². The molecular weight excluding hydrogens is 562 g/mol. The Morgan fingerprint density at radius 2 is 1.85 bits per heavy atom. The quantitative estimate of drug-likeness (QED) is 0.493. The molecule has 3 atom stereocenters. The molecule has 2 fully saturated rings. The lowest BCUT2D eigenvalue weighted by Crippen LogP contribution is -2.57. The number of aromatic nitrogens is 3. The molecule has 0 aromatic carbocycles. The number of imidazole rings is 1. The molecule has 4 N–H and O–H groups in total. The van der Waals surface area contributed by atoms with Gasteiger partial charge in [-0.25, -0.2) is 18.3 Å². The Hall–Kier alpha value is -3.08. The van der Waals surface area contributed by atoms with Gasteiger partial charge in [-0.1, -0.05) is 0 Å². The molecule has 0 spiro atoms. The van der Waals surface area contributed by atoms with Crippen LogP contribution in [-0.2, 0) is 20.7 Å². The van der Waals surface area contributed by atoms with Crippen molar-refractivity contribution in [1.29, 1.82) is 0 Å². The number of carboxylic acids is 1. The van der Waals surface area contributed by atoms with Crippen molar-refractivity contribution in [2.45, 2.75) is 68.9 Å². The zero-order valence-corrected chi connectivity index (χ0v) is 21.1. The normalized spacial score (nSPS) is 24.4. The fourth-order valence-electron chi connectivity index (χ4n) is 4.95. The summed E-state index contributed by atoms with van der Waals surface area (Å²) < 4.78 is 105. The largest absolute Gasteiger partial charge is 0.542 e. The highest BCUT2D eigenvalue weighted by Crippen LogP contribution is 2.41. The molecule has 3 heterocycles. The van der Waals surface area contributed by atoms with Crippen molar-refractivity contribution in [3.05, 3.63) is 29.7 Å². The molecule has 1 saturated heterocycles. The lowest BCUT2D eigenvalue weighted by molar-refractivity contribution is -0.443. The zero-order chi connectivity index (χ0) is 30.1. The molecule has 224 valence electrons. The molecule has 2 aromatic heterocycles. The van der Waals surface area contributed by atoms with Crippen molar-refractivity contribution in [3.8, 4) is 0 Å². The molecule has 1 amide bonds. The van der Waals surface area contributed by atoms with Crippen LogP contribution in [0.15, 0.2) is 18.5 Å². The van der Waals surface area contributed by atoms with Crippen LogP contribution in [0.2, 0.25) is 0 Å². The minimum atomic E-state index is -5.19. The van der Waals surface area contributed by atoms with Gasteiger partial charge < -0.3 is 25.7 Å². The number of hydrogen-bond acceptors (Lipinski definition) is 6. The maximum Gasteiger partial charge on any atom is 0.430 e. The molecule has 9 nitrogen and oxygen atoms in total. The molecule has 1 saturated carbocycles. The summed E-state index contributed by atoms with van der Waals surface area (Å²) >= 11 is 0. The zero-order valence-electron chi connectivity index (χ0n) is 21.1. The van der Waals surface area contributed by atoms with Gasteiger partial charge in [0.25, 0.3) is 0 Å². The number of nitrogens with zero attached hydrogens (tertiary/aromatic N) is 3. The molecule has 2 aromatic rings. The first-order chi connectivity index (χ1) is 18.4. The minimum Gasteiger partial charge on any atom is -0.542 e. The van der Waals surface area contributed by atoms with Crippen LogP contribution >= 0.6 is 0 Å². The van der Waals surface area contributed by atoms with E-state index in [1.807, 2.05) is 5.32 Å². The van der Waals surface area contributed by atoms with Crippen LogP contribution in [0.3, 0.4) is 0 Å². The van der Waals surface area contributed by atoms with Gasteiger partial charge in [-0.15, -0.1) is 0 Å². The van der Waals surface area contributed by atoms with E-state index in [9.17, 15) is 39.9 Å². The molecule has 17 heteroatoms. The van der Waals surface area contributed by atoms with Crippen molar-refractivity contribution in [3.63, 3.8) is 0 Å². The molecule has 2 aliphatic rings. The number of quaternary nitrogens is 1. The number of halogens is 8. The number of amides is 1. The van der Waals surface area contributed by atoms with Gasteiger partial charge in [0.2, 0.25) is 11.8 Å². The number of fused-ring (bicyclic) bond motifs is 1. The van der Waals surface area contributed by atoms with Gasteiger partial charge in [-0.05, 0) is 37.3 Å². The summed E-state index contributed by atoms with van der Waals surface area (Å²) in [6.07, 6.45) is -6.58. The number of carbonyl (C=O) groups is 2. The van der Waals surface area contributed by atoms with E-state index in [1.165, 1.54) is 17.8 Å². The Labute approximate surface area is 222 Å². The van der Waals surface area contributed by atoms with E-state index in [4.69, 9.17) is 14.6 Å². The van der Waals surface area contributed by atoms with Crippen molar-refractivity contribution >= 4 is 17.5 Å². The van der Waals surface area contributed by atoms with Gasteiger partial charge in [0.1, 0.15) is 23.7 Å². The third-order valence-corrected chi connectivity index (χ3v) is 7.08. The number of rotatable bonds is 6. The molecule has 1 aliphatic carbocycles. The number of carboxylic acid groups (broad SMARTS) is 1. The van der Waals surface area contributed by atoms with Gasteiger partial charge in [0.05, 0.1) is 24.4 Å². The van der Waals surface area contributed by atoms with E-state index in [-0.39, 0.29) is 37.8 Å². The first-order valence-electron chi connectivity index (χ1n) is 12.1. The van der Waals surface area contributed by atoms with Crippen molar-refractivity contribution in [1.82, 2.24) is 19.9 Å². The summed E-state index contributed by atoms with van der Waals surface area (Å²) in [5.74, 6) is -6.35. The SMILES string of the molecule is COCC1(Cc2cnn3cc([C@@H]([NH3+])C4CCC(F)(F)CC4)nc3c2)C[C@@H](C(F)(F)F)NC1=O.O=C([O-])C(F)(F)F. The average Bonchev–Trinajstić information content (AvgIpc) is 3.40. The predicted molar refractivity (Wildman–Crippen MR) is 117 cm³/mol. The van der Waals surface area contributed by atoms with Crippen LogP contribution in [-0.4, -0.2) is 64.5 Å². The Balaban J connectivity index is 0.000000559. The van der Waals surface area contributed by atoms with Gasteiger partial charge >= 0.3 is 12.4 Å². The van der Waals surface area contributed by atoms with Crippen LogP contribution in [0.1, 0.15) is 49.4 Å². The topological polar surface area (TPSA) is 136 Å². The van der Waals surface area contributed by atoms with Crippen LogP contribution in [0.4, 0.5) is 35.1 Å². The summed E-state index contributed by atoms with van der Waals surface area (Å²) in [5, 5.41) is 15.1. The van der Waals surface area contributed by atoms with Crippen molar-refractivity contribution < 1.29 is 60.3 Å². The molecule has 1 aliphatic heterocycles. The maximum absolute atomic E-state index is 13.5.